The summed E-state index contributed by atoms with van der Waals surface area (Å²) in [5, 5.41) is 0. The Balaban J connectivity index is 3.74. The Morgan fingerprint density at radius 2 is 0.862 bits per heavy atom. The van der Waals surface area contributed by atoms with Crippen LogP contribution in [0.25, 0.3) is 0 Å². The number of ether oxygens (including phenoxy) is 2. The van der Waals surface area contributed by atoms with Crippen molar-refractivity contribution in [3.05, 3.63) is 0 Å². The summed E-state index contributed by atoms with van der Waals surface area (Å²) in [6.45, 7) is 7.67. The molecule has 0 rings (SSSR count). The van der Waals surface area contributed by atoms with Gasteiger partial charge >= 0.3 is 0 Å². The van der Waals surface area contributed by atoms with Gasteiger partial charge < -0.3 is 9.47 Å². The minimum Gasteiger partial charge on any atom is -0.353 e. The van der Waals surface area contributed by atoms with E-state index in [1.165, 1.54) is 116 Å². The van der Waals surface area contributed by atoms with Crippen LogP contribution < -0.4 is 0 Å². The molecule has 176 valence electrons. The minimum absolute atomic E-state index is 0.323. The fraction of sp³-hybridized carbons (Fsp3) is 1.00. The van der Waals surface area contributed by atoms with E-state index in [2.05, 4.69) is 20.8 Å². The van der Waals surface area contributed by atoms with Crippen molar-refractivity contribution < 1.29 is 9.47 Å². The topological polar surface area (TPSA) is 18.5 Å². The maximum absolute atomic E-state index is 6.32. The highest BCUT2D eigenvalue weighted by Crippen LogP contribution is 2.27. The summed E-state index contributed by atoms with van der Waals surface area (Å²) in [5.74, 6) is -0.323. The SMILES string of the molecule is CCCCCCCCCCCCCOC(CCC)(CCCCCCCCC)OC. The highest BCUT2D eigenvalue weighted by atomic mass is 16.7. The number of hydrogen-bond donors (Lipinski definition) is 0. The normalized spacial score (nSPS) is 13.7. The molecule has 0 spiro atoms. The van der Waals surface area contributed by atoms with Gasteiger partial charge in [-0.1, -0.05) is 130 Å². The summed E-state index contributed by atoms with van der Waals surface area (Å²) >= 11 is 0. The third-order valence-electron chi connectivity index (χ3n) is 6.28. The van der Waals surface area contributed by atoms with E-state index in [0.717, 1.165) is 25.9 Å². The van der Waals surface area contributed by atoms with Crippen molar-refractivity contribution in [1.82, 2.24) is 0 Å². The lowest BCUT2D eigenvalue weighted by Crippen LogP contribution is -2.35. The van der Waals surface area contributed by atoms with Crippen LogP contribution in [-0.2, 0) is 9.47 Å². The molecule has 0 fully saturated rings. The van der Waals surface area contributed by atoms with Gasteiger partial charge in [0.1, 0.15) is 0 Å². The third-order valence-corrected chi connectivity index (χ3v) is 6.28. The van der Waals surface area contributed by atoms with Crippen LogP contribution >= 0.6 is 0 Å². The smallest absolute Gasteiger partial charge is 0.167 e. The molecule has 0 aliphatic carbocycles. The number of methoxy groups -OCH3 is 1. The van der Waals surface area contributed by atoms with Crippen molar-refractivity contribution in [2.24, 2.45) is 0 Å². The second-order valence-corrected chi connectivity index (χ2v) is 9.12. The molecule has 0 amide bonds. The molecule has 0 N–H and O–H groups in total. The van der Waals surface area contributed by atoms with Gasteiger partial charge in [0.25, 0.3) is 0 Å². The molecule has 1 atom stereocenters. The lowest BCUT2D eigenvalue weighted by molar-refractivity contribution is -0.232. The van der Waals surface area contributed by atoms with E-state index in [1.807, 2.05) is 7.11 Å². The maximum Gasteiger partial charge on any atom is 0.167 e. The molecule has 0 bridgehead atoms. The molecule has 0 heterocycles. The first-order chi connectivity index (χ1) is 14.2. The fourth-order valence-electron chi connectivity index (χ4n) is 4.29. The van der Waals surface area contributed by atoms with Gasteiger partial charge in [-0.25, -0.2) is 0 Å². The van der Waals surface area contributed by atoms with E-state index in [4.69, 9.17) is 9.47 Å². The highest BCUT2D eigenvalue weighted by Gasteiger charge is 2.28. The Kier molecular flexibility index (Phi) is 22.5. The van der Waals surface area contributed by atoms with Crippen molar-refractivity contribution >= 4 is 0 Å². The molecule has 1 unspecified atom stereocenters. The van der Waals surface area contributed by atoms with Crippen molar-refractivity contribution in [2.45, 2.75) is 161 Å². The number of rotatable bonds is 24. The molecule has 29 heavy (non-hydrogen) atoms. The van der Waals surface area contributed by atoms with E-state index < -0.39 is 0 Å². The van der Waals surface area contributed by atoms with Gasteiger partial charge in [-0.05, 0) is 12.8 Å². The molecule has 0 radical (unpaired) electrons. The van der Waals surface area contributed by atoms with Crippen molar-refractivity contribution in [3.8, 4) is 0 Å². The Bertz CT molecular complexity index is 305. The van der Waals surface area contributed by atoms with Gasteiger partial charge in [0.15, 0.2) is 5.79 Å². The summed E-state index contributed by atoms with van der Waals surface area (Å²) in [7, 11) is 1.84. The largest absolute Gasteiger partial charge is 0.353 e. The van der Waals surface area contributed by atoms with Crippen LogP contribution in [0.15, 0.2) is 0 Å². The van der Waals surface area contributed by atoms with Gasteiger partial charge in [-0.15, -0.1) is 0 Å². The summed E-state index contributed by atoms with van der Waals surface area (Å²) in [5.41, 5.74) is 0. The van der Waals surface area contributed by atoms with E-state index in [9.17, 15) is 0 Å². The molecule has 0 aromatic rings. The van der Waals surface area contributed by atoms with Crippen LogP contribution in [0.4, 0.5) is 0 Å². The van der Waals surface area contributed by atoms with Crippen LogP contribution in [0.2, 0.25) is 0 Å². The molecular formula is C27H56O2. The van der Waals surface area contributed by atoms with Crippen LogP contribution in [0, 0.1) is 0 Å². The summed E-state index contributed by atoms with van der Waals surface area (Å²) in [6, 6.07) is 0. The van der Waals surface area contributed by atoms with E-state index >= 15 is 0 Å². The molecule has 0 aliphatic heterocycles. The molecular weight excluding hydrogens is 356 g/mol. The predicted octanol–water partition coefficient (Wildman–Crippen LogP) is 9.60. The zero-order valence-electron chi connectivity index (χ0n) is 20.9. The van der Waals surface area contributed by atoms with E-state index in [1.54, 1.807) is 0 Å². The highest BCUT2D eigenvalue weighted by molar-refractivity contribution is 4.70. The molecule has 0 aromatic carbocycles. The standard InChI is InChI=1S/C27H56O2/c1-5-8-10-12-14-15-16-17-19-21-23-26-29-27(28-4,24-7-3)25-22-20-18-13-11-9-6-2/h5-26H2,1-4H3. The molecule has 2 nitrogen and oxygen atoms in total. The van der Waals surface area contributed by atoms with Gasteiger partial charge in [-0.2, -0.15) is 0 Å². The molecule has 2 heteroatoms. The van der Waals surface area contributed by atoms with Gasteiger partial charge in [0.2, 0.25) is 0 Å². The zero-order valence-corrected chi connectivity index (χ0v) is 20.9. The number of unbranched alkanes of at least 4 members (excludes halogenated alkanes) is 16. The summed E-state index contributed by atoms with van der Waals surface area (Å²) in [6.07, 6.45) is 27.8. The lowest BCUT2D eigenvalue weighted by atomic mass is 10.0. The predicted molar refractivity (Wildman–Crippen MR) is 130 cm³/mol. The average Bonchev–Trinajstić information content (AvgIpc) is 2.73. The fourth-order valence-corrected chi connectivity index (χ4v) is 4.29. The number of hydrogen-bond acceptors (Lipinski definition) is 2. The Morgan fingerprint density at radius 3 is 1.28 bits per heavy atom. The molecule has 0 aliphatic rings. The van der Waals surface area contributed by atoms with Crippen molar-refractivity contribution in [1.29, 1.82) is 0 Å². The minimum atomic E-state index is -0.323. The second-order valence-electron chi connectivity index (χ2n) is 9.12. The van der Waals surface area contributed by atoms with Gasteiger partial charge in [0, 0.05) is 20.0 Å². The Morgan fingerprint density at radius 1 is 0.448 bits per heavy atom. The van der Waals surface area contributed by atoms with Crippen LogP contribution in [0.3, 0.4) is 0 Å². The van der Waals surface area contributed by atoms with Crippen molar-refractivity contribution in [3.63, 3.8) is 0 Å². The van der Waals surface area contributed by atoms with Crippen molar-refractivity contribution in [2.75, 3.05) is 13.7 Å². The lowest BCUT2D eigenvalue weighted by Gasteiger charge is -2.32. The van der Waals surface area contributed by atoms with Gasteiger partial charge in [0.05, 0.1) is 6.61 Å². The molecule has 0 saturated heterocycles. The second kappa shape index (κ2) is 22.6. The first kappa shape index (κ1) is 28.9. The van der Waals surface area contributed by atoms with Crippen LogP contribution in [0.1, 0.15) is 156 Å². The first-order valence-electron chi connectivity index (χ1n) is 13.4. The molecule has 0 saturated carbocycles. The molecule has 0 aromatic heterocycles. The quantitative estimate of drug-likeness (QED) is 0.116. The van der Waals surface area contributed by atoms with Crippen LogP contribution in [0.5, 0.6) is 0 Å². The van der Waals surface area contributed by atoms with Gasteiger partial charge in [-0.3, -0.25) is 0 Å². The Hall–Kier alpha value is -0.0800. The summed E-state index contributed by atoms with van der Waals surface area (Å²) < 4.78 is 12.2. The third kappa shape index (κ3) is 18.4. The van der Waals surface area contributed by atoms with E-state index in [0.29, 0.717) is 0 Å². The average molecular weight is 413 g/mol. The van der Waals surface area contributed by atoms with Crippen LogP contribution in [-0.4, -0.2) is 19.5 Å². The maximum atomic E-state index is 6.32. The summed E-state index contributed by atoms with van der Waals surface area (Å²) in [4.78, 5) is 0. The first-order valence-corrected chi connectivity index (χ1v) is 13.4. The Labute approximate surface area is 184 Å². The monoisotopic (exact) mass is 412 g/mol. The zero-order chi connectivity index (χ0) is 21.5. The van der Waals surface area contributed by atoms with E-state index in [-0.39, 0.29) is 5.79 Å².